The first-order chi connectivity index (χ1) is 15.2. The quantitative estimate of drug-likeness (QED) is 0.306. The fourth-order valence-electron chi connectivity index (χ4n) is 3.21. The number of carbonyl (C=O) groups is 1. The standard InChI is InChI=1S/C26H21NO4/c28-26(29)18-31-27-16-19-8-11-22(12-9-19)24-6-3-7-25(15-24)30-17-20-10-13-21-4-1-2-5-23(21)14-20/h1-16H,17-18H2,(H,28,29). The third-order valence-electron chi connectivity index (χ3n) is 4.76. The summed E-state index contributed by atoms with van der Waals surface area (Å²) in [5, 5.41) is 14.6. The van der Waals surface area contributed by atoms with Crippen LogP contribution in [0.1, 0.15) is 11.1 Å². The summed E-state index contributed by atoms with van der Waals surface area (Å²) in [7, 11) is 0. The van der Waals surface area contributed by atoms with Crippen LogP contribution in [0.5, 0.6) is 5.75 Å². The molecule has 0 bridgehead atoms. The van der Waals surface area contributed by atoms with Crippen LogP contribution in [0.4, 0.5) is 0 Å². The van der Waals surface area contributed by atoms with Crippen molar-refractivity contribution in [1.82, 2.24) is 0 Å². The molecule has 0 aliphatic heterocycles. The number of nitrogens with zero attached hydrogens (tertiary/aromatic N) is 1. The van der Waals surface area contributed by atoms with Crippen LogP contribution in [0.25, 0.3) is 21.9 Å². The summed E-state index contributed by atoms with van der Waals surface area (Å²) < 4.78 is 6.03. The Bertz CT molecular complexity index is 1220. The molecule has 0 saturated heterocycles. The van der Waals surface area contributed by atoms with E-state index >= 15 is 0 Å². The third kappa shape index (κ3) is 5.48. The summed E-state index contributed by atoms with van der Waals surface area (Å²) in [6.07, 6.45) is 1.48. The molecule has 4 rings (SSSR count). The van der Waals surface area contributed by atoms with Gasteiger partial charge in [0.25, 0.3) is 0 Å². The number of aliphatic carboxylic acids is 1. The van der Waals surface area contributed by atoms with E-state index in [-0.39, 0.29) is 0 Å². The molecule has 0 unspecified atom stereocenters. The number of ether oxygens (including phenoxy) is 1. The Kier molecular flexibility index (Phi) is 6.24. The van der Waals surface area contributed by atoms with Crippen LogP contribution in [0.2, 0.25) is 0 Å². The van der Waals surface area contributed by atoms with E-state index in [2.05, 4.69) is 40.3 Å². The number of oxime groups is 1. The average Bonchev–Trinajstić information content (AvgIpc) is 2.81. The maximum absolute atomic E-state index is 10.4. The second-order valence-electron chi connectivity index (χ2n) is 7.02. The van der Waals surface area contributed by atoms with Gasteiger partial charge in [0.2, 0.25) is 6.61 Å². The van der Waals surface area contributed by atoms with Crippen LogP contribution in [0, 0.1) is 0 Å². The number of carboxylic acid groups (broad SMARTS) is 1. The Hall–Kier alpha value is -4.12. The fourth-order valence-corrected chi connectivity index (χ4v) is 3.21. The molecule has 0 amide bonds. The summed E-state index contributed by atoms with van der Waals surface area (Å²) in [5.74, 6) is -0.256. The van der Waals surface area contributed by atoms with Gasteiger partial charge in [0, 0.05) is 0 Å². The lowest BCUT2D eigenvalue weighted by Crippen LogP contribution is -2.03. The van der Waals surface area contributed by atoms with Crippen molar-refractivity contribution in [1.29, 1.82) is 0 Å². The van der Waals surface area contributed by atoms with Crippen molar-refractivity contribution in [2.45, 2.75) is 6.61 Å². The molecular formula is C26H21NO4. The van der Waals surface area contributed by atoms with Crippen molar-refractivity contribution in [3.05, 3.63) is 102 Å². The number of hydrogen-bond acceptors (Lipinski definition) is 4. The van der Waals surface area contributed by atoms with Gasteiger partial charge < -0.3 is 14.7 Å². The fraction of sp³-hybridized carbons (Fsp3) is 0.0769. The SMILES string of the molecule is O=C(O)CON=Cc1ccc(-c2cccc(OCc3ccc4ccccc4c3)c2)cc1. The van der Waals surface area contributed by atoms with Gasteiger partial charge in [-0.15, -0.1) is 0 Å². The van der Waals surface area contributed by atoms with Gasteiger partial charge in [0.05, 0.1) is 6.21 Å². The Labute approximate surface area is 180 Å². The molecule has 0 heterocycles. The predicted octanol–water partition coefficient (Wildman–Crippen LogP) is 5.52. The highest BCUT2D eigenvalue weighted by Gasteiger charge is 2.03. The van der Waals surface area contributed by atoms with Gasteiger partial charge in [-0.1, -0.05) is 78.0 Å². The summed E-state index contributed by atoms with van der Waals surface area (Å²) in [5.41, 5.74) is 4.03. The molecule has 0 aromatic heterocycles. The van der Waals surface area contributed by atoms with Gasteiger partial charge >= 0.3 is 5.97 Å². The number of rotatable bonds is 8. The Morgan fingerprint density at radius 1 is 0.839 bits per heavy atom. The van der Waals surface area contributed by atoms with Crippen LogP contribution < -0.4 is 4.74 Å². The van der Waals surface area contributed by atoms with Gasteiger partial charge in [-0.2, -0.15) is 0 Å². The zero-order valence-corrected chi connectivity index (χ0v) is 16.8. The molecule has 0 aliphatic rings. The van der Waals surface area contributed by atoms with E-state index in [0.29, 0.717) is 6.61 Å². The van der Waals surface area contributed by atoms with E-state index in [0.717, 1.165) is 28.0 Å². The summed E-state index contributed by atoms with van der Waals surface area (Å²) in [4.78, 5) is 15.1. The van der Waals surface area contributed by atoms with E-state index in [1.165, 1.54) is 17.0 Å². The molecule has 1 N–H and O–H groups in total. The van der Waals surface area contributed by atoms with E-state index in [1.807, 2.05) is 60.7 Å². The van der Waals surface area contributed by atoms with Crippen molar-refractivity contribution in [3.8, 4) is 16.9 Å². The second kappa shape index (κ2) is 9.59. The smallest absolute Gasteiger partial charge is 0.344 e. The van der Waals surface area contributed by atoms with Gasteiger partial charge in [0.15, 0.2) is 0 Å². The maximum Gasteiger partial charge on any atom is 0.344 e. The van der Waals surface area contributed by atoms with Crippen LogP contribution in [-0.2, 0) is 16.2 Å². The van der Waals surface area contributed by atoms with Crippen molar-refractivity contribution < 1.29 is 19.5 Å². The Balaban J connectivity index is 1.41. The molecule has 31 heavy (non-hydrogen) atoms. The van der Waals surface area contributed by atoms with Crippen molar-refractivity contribution >= 4 is 23.0 Å². The highest BCUT2D eigenvalue weighted by atomic mass is 16.6. The molecule has 4 aromatic rings. The minimum Gasteiger partial charge on any atom is -0.489 e. The van der Waals surface area contributed by atoms with Gasteiger partial charge in [0.1, 0.15) is 12.4 Å². The zero-order chi connectivity index (χ0) is 21.5. The molecule has 5 heteroatoms. The molecule has 0 saturated carbocycles. The van der Waals surface area contributed by atoms with Crippen molar-refractivity contribution in [3.63, 3.8) is 0 Å². The van der Waals surface area contributed by atoms with Crippen molar-refractivity contribution in [2.24, 2.45) is 5.16 Å². The Morgan fingerprint density at radius 3 is 2.45 bits per heavy atom. The predicted molar refractivity (Wildman–Crippen MR) is 121 cm³/mol. The first kappa shape index (κ1) is 20.2. The third-order valence-corrected chi connectivity index (χ3v) is 4.76. The average molecular weight is 411 g/mol. The first-order valence-electron chi connectivity index (χ1n) is 9.85. The minimum absolute atomic E-state index is 0.458. The normalized spacial score (nSPS) is 11.0. The van der Waals surface area contributed by atoms with Crippen LogP contribution in [-0.4, -0.2) is 23.9 Å². The van der Waals surface area contributed by atoms with Crippen LogP contribution >= 0.6 is 0 Å². The van der Waals surface area contributed by atoms with E-state index < -0.39 is 12.6 Å². The van der Waals surface area contributed by atoms with Gasteiger partial charge in [-0.25, -0.2) is 4.79 Å². The highest BCUT2D eigenvalue weighted by molar-refractivity contribution is 5.83. The largest absolute Gasteiger partial charge is 0.489 e. The van der Waals surface area contributed by atoms with Crippen LogP contribution in [0.3, 0.4) is 0 Å². The molecule has 0 spiro atoms. The Morgan fingerprint density at radius 2 is 1.65 bits per heavy atom. The molecule has 154 valence electrons. The lowest BCUT2D eigenvalue weighted by molar-refractivity contribution is -0.142. The van der Waals surface area contributed by atoms with Gasteiger partial charge in [-0.05, 0) is 51.2 Å². The van der Waals surface area contributed by atoms with Crippen molar-refractivity contribution in [2.75, 3.05) is 6.61 Å². The molecule has 4 aromatic carbocycles. The monoisotopic (exact) mass is 411 g/mol. The zero-order valence-electron chi connectivity index (χ0n) is 16.8. The molecule has 0 fully saturated rings. The topological polar surface area (TPSA) is 68.1 Å². The number of carboxylic acids is 1. The lowest BCUT2D eigenvalue weighted by atomic mass is 10.0. The minimum atomic E-state index is -1.06. The van der Waals surface area contributed by atoms with E-state index in [4.69, 9.17) is 9.84 Å². The molecule has 5 nitrogen and oxygen atoms in total. The number of fused-ring (bicyclic) bond motifs is 1. The second-order valence-corrected chi connectivity index (χ2v) is 7.02. The molecule has 0 atom stereocenters. The first-order valence-corrected chi connectivity index (χ1v) is 9.85. The van der Waals surface area contributed by atoms with E-state index in [1.54, 1.807) is 0 Å². The molecule has 0 aliphatic carbocycles. The molecule has 0 radical (unpaired) electrons. The molecular weight excluding hydrogens is 390 g/mol. The summed E-state index contributed by atoms with van der Waals surface area (Å²) in [6, 6.07) is 30.3. The summed E-state index contributed by atoms with van der Waals surface area (Å²) in [6.45, 7) is 0.0423. The highest BCUT2D eigenvalue weighted by Crippen LogP contribution is 2.25. The van der Waals surface area contributed by atoms with Gasteiger partial charge in [-0.3, -0.25) is 0 Å². The van der Waals surface area contributed by atoms with E-state index in [9.17, 15) is 4.79 Å². The van der Waals surface area contributed by atoms with Crippen LogP contribution in [0.15, 0.2) is 96.2 Å². The summed E-state index contributed by atoms with van der Waals surface area (Å²) >= 11 is 0. The lowest BCUT2D eigenvalue weighted by Gasteiger charge is -2.09. The maximum atomic E-state index is 10.4. The number of hydrogen-bond donors (Lipinski definition) is 1. The number of benzene rings is 4.